The molecule has 23 heavy (non-hydrogen) atoms. The van der Waals surface area contributed by atoms with Gasteiger partial charge in [-0.3, -0.25) is 4.90 Å². The third-order valence-corrected chi connectivity index (χ3v) is 3.99. The number of nitrogens with zero attached hydrogens (tertiary/aromatic N) is 2. The zero-order valence-electron chi connectivity index (χ0n) is 13.9. The second-order valence-corrected chi connectivity index (χ2v) is 5.92. The third-order valence-electron chi connectivity index (χ3n) is 3.99. The van der Waals surface area contributed by atoms with Gasteiger partial charge in [0.15, 0.2) is 0 Å². The molecule has 1 amide bonds. The number of terminal acetylenes is 1. The summed E-state index contributed by atoms with van der Waals surface area (Å²) in [6, 6.07) is 10.1. The number of amides is 1. The van der Waals surface area contributed by atoms with Gasteiger partial charge >= 0.3 is 6.09 Å². The van der Waals surface area contributed by atoms with Crippen molar-refractivity contribution in [1.29, 1.82) is 0 Å². The van der Waals surface area contributed by atoms with E-state index in [2.05, 4.69) is 23.0 Å². The molecular weight excluding hydrogens is 288 g/mol. The maximum Gasteiger partial charge on any atom is 0.415 e. The lowest BCUT2D eigenvalue weighted by Crippen LogP contribution is -2.40. The number of carbonyl (C=O) groups is 1. The molecule has 1 atom stereocenters. The Morgan fingerprint density at radius 1 is 1.43 bits per heavy atom. The first-order valence-corrected chi connectivity index (χ1v) is 7.93. The number of rotatable bonds is 5. The first kappa shape index (κ1) is 17.1. The van der Waals surface area contributed by atoms with Gasteiger partial charge in [0.2, 0.25) is 0 Å². The molecule has 4 nitrogen and oxygen atoms in total. The van der Waals surface area contributed by atoms with E-state index in [-0.39, 0.29) is 18.7 Å². The fraction of sp³-hybridized carbons (Fsp3) is 0.421. The molecule has 4 heteroatoms. The molecule has 1 aliphatic heterocycles. The van der Waals surface area contributed by atoms with E-state index in [1.807, 2.05) is 38.2 Å². The molecule has 1 aromatic rings. The molecule has 0 saturated heterocycles. The van der Waals surface area contributed by atoms with Gasteiger partial charge in [-0.25, -0.2) is 4.79 Å². The Kier molecular flexibility index (Phi) is 6.25. The fourth-order valence-corrected chi connectivity index (χ4v) is 2.58. The molecule has 1 heterocycles. The highest BCUT2D eigenvalue weighted by atomic mass is 16.6. The van der Waals surface area contributed by atoms with E-state index in [4.69, 9.17) is 11.2 Å². The summed E-state index contributed by atoms with van der Waals surface area (Å²) in [5, 5.41) is 0. The normalized spacial score (nSPS) is 16.1. The Hall–Kier alpha value is -2.25. The van der Waals surface area contributed by atoms with Crippen molar-refractivity contribution in [3.8, 4) is 12.3 Å². The Morgan fingerprint density at radius 2 is 2.17 bits per heavy atom. The summed E-state index contributed by atoms with van der Waals surface area (Å²) in [7, 11) is 2.04. The van der Waals surface area contributed by atoms with Gasteiger partial charge in [0, 0.05) is 25.6 Å². The molecular formula is C19H24N2O2. The second kappa shape index (κ2) is 8.40. The van der Waals surface area contributed by atoms with Gasteiger partial charge in [-0.15, -0.1) is 6.42 Å². The summed E-state index contributed by atoms with van der Waals surface area (Å²) in [5.41, 5.74) is 1.17. The lowest BCUT2D eigenvalue weighted by molar-refractivity contribution is 0.113. The van der Waals surface area contributed by atoms with Crippen LogP contribution in [0.3, 0.4) is 0 Å². The quantitative estimate of drug-likeness (QED) is 0.784. The van der Waals surface area contributed by atoms with Gasteiger partial charge in [-0.1, -0.05) is 36.3 Å². The molecule has 0 N–H and O–H groups in total. The summed E-state index contributed by atoms with van der Waals surface area (Å²) in [5.74, 6) is 3.30. The number of benzene rings is 1. The summed E-state index contributed by atoms with van der Waals surface area (Å²) in [6.45, 7) is 3.94. The molecule has 0 bridgehead atoms. The average molecular weight is 312 g/mol. The number of likely N-dealkylation sites (N-methyl/N-ethyl adjacent to an activating group) is 1. The lowest BCUT2D eigenvalue weighted by atomic mass is 10.1. The molecule has 0 fully saturated rings. The molecule has 1 aliphatic rings. The first-order valence-electron chi connectivity index (χ1n) is 7.93. The summed E-state index contributed by atoms with van der Waals surface area (Å²) in [6.07, 6.45) is 8.52. The van der Waals surface area contributed by atoms with E-state index < -0.39 is 0 Å². The number of carbonyl (C=O) groups excluding carboxylic acids is 1. The van der Waals surface area contributed by atoms with Crippen LogP contribution in [0, 0.1) is 12.3 Å². The third kappa shape index (κ3) is 5.15. The van der Waals surface area contributed by atoms with Crippen molar-refractivity contribution in [2.24, 2.45) is 0 Å². The Bertz CT molecular complexity index is 589. The van der Waals surface area contributed by atoms with Gasteiger partial charge in [0.1, 0.15) is 5.76 Å². The van der Waals surface area contributed by atoms with Crippen LogP contribution < -0.4 is 0 Å². The van der Waals surface area contributed by atoms with E-state index in [0.29, 0.717) is 0 Å². The van der Waals surface area contributed by atoms with Crippen LogP contribution in [0.2, 0.25) is 0 Å². The molecule has 0 unspecified atom stereocenters. The van der Waals surface area contributed by atoms with Crippen LogP contribution in [0.15, 0.2) is 42.2 Å². The highest BCUT2D eigenvalue weighted by Gasteiger charge is 2.23. The maximum absolute atomic E-state index is 12.5. The van der Waals surface area contributed by atoms with E-state index >= 15 is 0 Å². The largest absolute Gasteiger partial charge is 0.415 e. The molecule has 0 radical (unpaired) electrons. The summed E-state index contributed by atoms with van der Waals surface area (Å²) >= 11 is 0. The van der Waals surface area contributed by atoms with Gasteiger partial charge in [0.05, 0.1) is 6.54 Å². The van der Waals surface area contributed by atoms with Crippen molar-refractivity contribution < 1.29 is 9.53 Å². The summed E-state index contributed by atoms with van der Waals surface area (Å²) in [4.78, 5) is 16.3. The maximum atomic E-state index is 12.5. The molecule has 0 spiro atoms. The molecule has 0 aromatic heterocycles. The van der Waals surface area contributed by atoms with Crippen molar-refractivity contribution in [1.82, 2.24) is 9.80 Å². The van der Waals surface area contributed by atoms with E-state index in [1.54, 1.807) is 4.90 Å². The Morgan fingerprint density at radius 3 is 2.78 bits per heavy atom. The average Bonchev–Trinajstić information content (AvgIpc) is 2.55. The van der Waals surface area contributed by atoms with Crippen LogP contribution in [-0.4, -0.2) is 48.6 Å². The molecule has 2 rings (SSSR count). The Balaban J connectivity index is 1.99. The fourth-order valence-electron chi connectivity index (χ4n) is 2.58. The zero-order chi connectivity index (χ0) is 16.7. The summed E-state index contributed by atoms with van der Waals surface area (Å²) < 4.78 is 5.54. The van der Waals surface area contributed by atoms with Gasteiger partial charge < -0.3 is 9.64 Å². The van der Waals surface area contributed by atoms with Crippen molar-refractivity contribution in [3.63, 3.8) is 0 Å². The van der Waals surface area contributed by atoms with E-state index in [1.165, 1.54) is 5.56 Å². The topological polar surface area (TPSA) is 32.8 Å². The molecule has 0 saturated carbocycles. The smallest absolute Gasteiger partial charge is 0.415 e. The van der Waals surface area contributed by atoms with Crippen molar-refractivity contribution in [3.05, 3.63) is 47.7 Å². The highest BCUT2D eigenvalue weighted by molar-refractivity contribution is 5.69. The van der Waals surface area contributed by atoms with Crippen LogP contribution in [-0.2, 0) is 11.2 Å². The monoisotopic (exact) mass is 312 g/mol. The van der Waals surface area contributed by atoms with Crippen LogP contribution >= 0.6 is 0 Å². The van der Waals surface area contributed by atoms with E-state index in [9.17, 15) is 4.79 Å². The van der Waals surface area contributed by atoms with Gasteiger partial charge in [0.25, 0.3) is 0 Å². The second-order valence-electron chi connectivity index (χ2n) is 5.92. The number of hydrogen-bond acceptors (Lipinski definition) is 3. The molecule has 0 aliphatic carbocycles. The van der Waals surface area contributed by atoms with Crippen LogP contribution in [0.4, 0.5) is 4.79 Å². The minimum Gasteiger partial charge on any atom is -0.415 e. The van der Waals surface area contributed by atoms with Crippen LogP contribution in [0.25, 0.3) is 0 Å². The number of ether oxygens (including phenoxy) is 1. The minimum absolute atomic E-state index is 0.0205. The Labute approximate surface area is 138 Å². The lowest BCUT2D eigenvalue weighted by Gasteiger charge is -2.28. The van der Waals surface area contributed by atoms with Crippen molar-refractivity contribution >= 4 is 6.09 Å². The van der Waals surface area contributed by atoms with Crippen LogP contribution in [0.1, 0.15) is 18.9 Å². The first-order chi connectivity index (χ1) is 11.1. The predicted octanol–water partition coefficient (Wildman–Crippen LogP) is 2.91. The number of hydrogen-bond donors (Lipinski definition) is 0. The standard InChI is InChI=1S/C19H24N2O2/c1-4-12-21(16(2)15-17-8-6-5-7-9-17)19(22)23-18-10-13-20(3)14-11-18/h1,5-10,16H,11-15H2,2-3H3/t16-/m0/s1. The van der Waals surface area contributed by atoms with Crippen molar-refractivity contribution in [2.75, 3.05) is 26.7 Å². The van der Waals surface area contributed by atoms with E-state index in [0.717, 1.165) is 31.7 Å². The minimum atomic E-state index is -0.359. The molecule has 1 aromatic carbocycles. The van der Waals surface area contributed by atoms with Crippen LogP contribution in [0.5, 0.6) is 0 Å². The van der Waals surface area contributed by atoms with Gasteiger partial charge in [-0.2, -0.15) is 0 Å². The molecule has 122 valence electrons. The van der Waals surface area contributed by atoms with Gasteiger partial charge in [-0.05, 0) is 32.0 Å². The predicted molar refractivity (Wildman–Crippen MR) is 91.8 cm³/mol. The highest BCUT2D eigenvalue weighted by Crippen LogP contribution is 2.15. The van der Waals surface area contributed by atoms with Crippen molar-refractivity contribution in [2.45, 2.75) is 25.8 Å². The SMILES string of the molecule is C#CCN(C(=O)OC1=CCN(C)CC1)[C@@H](C)Cc1ccccc1. The zero-order valence-corrected chi connectivity index (χ0v) is 13.9.